The van der Waals surface area contributed by atoms with Gasteiger partial charge in [0.1, 0.15) is 0 Å². The van der Waals surface area contributed by atoms with Crippen LogP contribution in [0.4, 0.5) is 0 Å². The molecular weight excluding hydrogens is 246 g/mol. The molecule has 1 aromatic rings. The maximum Gasteiger partial charge on any atom is 0.151 e. The third kappa shape index (κ3) is 5.52. The third-order valence-corrected chi connectivity index (χ3v) is 3.57. The Hall–Kier alpha value is -1.70. The molecule has 1 rings (SSSR count). The second-order valence-corrected chi connectivity index (χ2v) is 5.50. The number of rotatable bonds is 8. The van der Waals surface area contributed by atoms with Gasteiger partial charge in [0.15, 0.2) is 6.29 Å². The van der Waals surface area contributed by atoms with Gasteiger partial charge in [0.05, 0.1) is 0 Å². The molecular formula is C18H25NO. The Labute approximate surface area is 122 Å². The monoisotopic (exact) mass is 271 g/mol. The molecule has 0 aliphatic heterocycles. The quantitative estimate of drug-likeness (QED) is 0.504. The van der Waals surface area contributed by atoms with E-state index in [0.29, 0.717) is 5.56 Å². The van der Waals surface area contributed by atoms with Gasteiger partial charge in [0.25, 0.3) is 0 Å². The minimum absolute atomic E-state index is 0.0970. The number of carbonyl (C=O) groups excluding carboxylic acids is 1. The molecule has 0 aromatic carbocycles. The van der Waals surface area contributed by atoms with E-state index in [9.17, 15) is 4.79 Å². The lowest BCUT2D eigenvalue weighted by atomic mass is 9.81. The van der Waals surface area contributed by atoms with Crippen LogP contribution in [0.15, 0.2) is 42.8 Å². The van der Waals surface area contributed by atoms with E-state index in [4.69, 9.17) is 0 Å². The number of pyridine rings is 1. The first-order valence-electron chi connectivity index (χ1n) is 7.37. The Kier molecular flexibility index (Phi) is 6.92. The van der Waals surface area contributed by atoms with E-state index >= 15 is 0 Å². The van der Waals surface area contributed by atoms with Crippen LogP contribution in [0.5, 0.6) is 0 Å². The zero-order chi connectivity index (χ0) is 14.8. The van der Waals surface area contributed by atoms with E-state index in [1.54, 1.807) is 6.20 Å². The van der Waals surface area contributed by atoms with E-state index in [1.807, 2.05) is 12.3 Å². The van der Waals surface area contributed by atoms with Gasteiger partial charge in [-0.05, 0) is 36.3 Å². The van der Waals surface area contributed by atoms with Gasteiger partial charge in [0, 0.05) is 18.0 Å². The summed E-state index contributed by atoms with van der Waals surface area (Å²) in [6.07, 6.45) is 17.3. The predicted octanol–water partition coefficient (Wildman–Crippen LogP) is 4.77. The first kappa shape index (κ1) is 16.4. The SMILES string of the molecule is CCC/C=C\C=C/C(C)(CC)Cc1cncc(C=O)c1. The fourth-order valence-electron chi connectivity index (χ4n) is 2.07. The Morgan fingerprint density at radius 2 is 2.05 bits per heavy atom. The summed E-state index contributed by atoms with van der Waals surface area (Å²) >= 11 is 0. The molecule has 0 aliphatic rings. The second-order valence-electron chi connectivity index (χ2n) is 5.50. The standard InChI is InChI=1S/C18H25NO/c1-4-6-7-8-9-10-18(3,5-2)12-16-11-17(15-20)14-19-13-16/h7-11,13-15H,4-6,12H2,1-3H3/b8-7-,10-9-. The van der Waals surface area contributed by atoms with Gasteiger partial charge < -0.3 is 0 Å². The average Bonchev–Trinajstić information content (AvgIpc) is 2.47. The molecule has 1 heterocycles. The smallest absolute Gasteiger partial charge is 0.151 e. The molecule has 0 radical (unpaired) electrons. The number of aldehydes is 1. The Bertz CT molecular complexity index is 476. The van der Waals surface area contributed by atoms with Crippen molar-refractivity contribution in [3.05, 3.63) is 53.9 Å². The van der Waals surface area contributed by atoms with Crippen LogP contribution in [0.3, 0.4) is 0 Å². The van der Waals surface area contributed by atoms with Gasteiger partial charge in [-0.3, -0.25) is 9.78 Å². The van der Waals surface area contributed by atoms with E-state index in [1.165, 1.54) is 6.42 Å². The van der Waals surface area contributed by atoms with Gasteiger partial charge in [0.2, 0.25) is 0 Å². The summed E-state index contributed by atoms with van der Waals surface area (Å²) in [6, 6.07) is 1.93. The highest BCUT2D eigenvalue weighted by Gasteiger charge is 2.19. The Morgan fingerprint density at radius 3 is 2.70 bits per heavy atom. The van der Waals surface area contributed by atoms with Crippen molar-refractivity contribution in [2.45, 2.75) is 46.5 Å². The average molecular weight is 271 g/mol. The number of hydrogen-bond acceptors (Lipinski definition) is 2. The summed E-state index contributed by atoms with van der Waals surface area (Å²) in [7, 11) is 0. The summed E-state index contributed by atoms with van der Waals surface area (Å²) in [4.78, 5) is 14.9. The third-order valence-electron chi connectivity index (χ3n) is 3.57. The molecule has 0 spiro atoms. The highest BCUT2D eigenvalue weighted by Crippen LogP contribution is 2.28. The number of allylic oxidation sites excluding steroid dienone is 4. The first-order chi connectivity index (χ1) is 9.63. The maximum absolute atomic E-state index is 10.8. The predicted molar refractivity (Wildman–Crippen MR) is 84.9 cm³/mol. The van der Waals surface area contributed by atoms with E-state index < -0.39 is 0 Å². The van der Waals surface area contributed by atoms with Crippen molar-refractivity contribution in [1.82, 2.24) is 4.98 Å². The van der Waals surface area contributed by atoms with Crippen LogP contribution in [-0.2, 0) is 6.42 Å². The topological polar surface area (TPSA) is 30.0 Å². The second kappa shape index (κ2) is 8.47. The van der Waals surface area contributed by atoms with E-state index in [2.05, 4.69) is 50.1 Å². The molecule has 0 fully saturated rings. The lowest BCUT2D eigenvalue weighted by molar-refractivity contribution is 0.112. The summed E-state index contributed by atoms with van der Waals surface area (Å²) in [5, 5.41) is 0. The molecule has 20 heavy (non-hydrogen) atoms. The molecule has 1 unspecified atom stereocenters. The number of unbranched alkanes of at least 4 members (excludes halogenated alkanes) is 1. The largest absolute Gasteiger partial charge is 0.298 e. The maximum atomic E-state index is 10.8. The van der Waals surface area contributed by atoms with E-state index in [-0.39, 0.29) is 5.41 Å². The Balaban J connectivity index is 2.75. The lowest BCUT2D eigenvalue weighted by Gasteiger charge is -2.24. The Morgan fingerprint density at radius 1 is 1.25 bits per heavy atom. The van der Waals surface area contributed by atoms with Gasteiger partial charge in [-0.1, -0.05) is 51.5 Å². The van der Waals surface area contributed by atoms with E-state index in [0.717, 1.165) is 31.1 Å². The highest BCUT2D eigenvalue weighted by molar-refractivity contribution is 5.74. The number of nitrogens with zero attached hydrogens (tertiary/aromatic N) is 1. The minimum Gasteiger partial charge on any atom is -0.298 e. The van der Waals surface area contributed by atoms with Crippen molar-refractivity contribution in [2.24, 2.45) is 5.41 Å². The molecule has 2 heteroatoms. The summed E-state index contributed by atoms with van der Waals surface area (Å²) in [6.45, 7) is 6.61. The van der Waals surface area contributed by atoms with Crippen molar-refractivity contribution < 1.29 is 4.79 Å². The molecule has 0 saturated heterocycles. The fourth-order valence-corrected chi connectivity index (χ4v) is 2.07. The van der Waals surface area contributed by atoms with Crippen LogP contribution >= 0.6 is 0 Å². The molecule has 1 atom stereocenters. The zero-order valence-corrected chi connectivity index (χ0v) is 12.8. The van der Waals surface area contributed by atoms with Crippen LogP contribution in [0.2, 0.25) is 0 Å². The van der Waals surface area contributed by atoms with Gasteiger partial charge in [-0.15, -0.1) is 0 Å². The van der Waals surface area contributed by atoms with Crippen molar-refractivity contribution in [3.63, 3.8) is 0 Å². The van der Waals surface area contributed by atoms with Crippen LogP contribution in [-0.4, -0.2) is 11.3 Å². The molecule has 0 aliphatic carbocycles. The van der Waals surface area contributed by atoms with Gasteiger partial charge in [-0.25, -0.2) is 0 Å². The molecule has 0 amide bonds. The van der Waals surface area contributed by atoms with Crippen molar-refractivity contribution >= 4 is 6.29 Å². The van der Waals surface area contributed by atoms with Gasteiger partial charge in [-0.2, -0.15) is 0 Å². The van der Waals surface area contributed by atoms with Crippen molar-refractivity contribution in [3.8, 4) is 0 Å². The number of hydrogen-bond donors (Lipinski definition) is 0. The van der Waals surface area contributed by atoms with Gasteiger partial charge >= 0.3 is 0 Å². The normalized spacial score (nSPS) is 14.8. The van der Waals surface area contributed by atoms with Crippen LogP contribution < -0.4 is 0 Å². The molecule has 0 saturated carbocycles. The molecule has 1 aromatic heterocycles. The highest BCUT2D eigenvalue weighted by atomic mass is 16.1. The fraction of sp³-hybridized carbons (Fsp3) is 0.444. The molecule has 2 nitrogen and oxygen atoms in total. The first-order valence-corrected chi connectivity index (χ1v) is 7.37. The summed E-state index contributed by atoms with van der Waals surface area (Å²) in [5.41, 5.74) is 1.86. The number of aromatic nitrogens is 1. The summed E-state index contributed by atoms with van der Waals surface area (Å²) in [5.74, 6) is 0. The van der Waals surface area contributed by atoms with Crippen molar-refractivity contribution in [2.75, 3.05) is 0 Å². The minimum atomic E-state index is 0.0970. The molecule has 0 N–H and O–H groups in total. The lowest BCUT2D eigenvalue weighted by Crippen LogP contribution is -2.15. The molecule has 108 valence electrons. The van der Waals surface area contributed by atoms with Crippen LogP contribution in [0, 0.1) is 5.41 Å². The number of carbonyl (C=O) groups is 1. The summed E-state index contributed by atoms with van der Waals surface area (Å²) < 4.78 is 0. The van der Waals surface area contributed by atoms with Crippen LogP contribution in [0.25, 0.3) is 0 Å². The molecule has 0 bridgehead atoms. The van der Waals surface area contributed by atoms with Crippen LogP contribution in [0.1, 0.15) is 56.0 Å². The van der Waals surface area contributed by atoms with Crippen molar-refractivity contribution in [1.29, 1.82) is 0 Å². The zero-order valence-electron chi connectivity index (χ0n) is 12.8.